The van der Waals surface area contributed by atoms with Gasteiger partial charge in [0, 0.05) is 20.2 Å². The van der Waals surface area contributed by atoms with E-state index in [9.17, 15) is 0 Å². The summed E-state index contributed by atoms with van der Waals surface area (Å²) in [6.07, 6.45) is 3.69. The van der Waals surface area contributed by atoms with Crippen molar-refractivity contribution in [3.8, 4) is 0 Å². The Bertz CT molecular complexity index is 220. The molecule has 0 aliphatic heterocycles. The molecule has 0 aliphatic carbocycles. The number of guanidine groups is 1. The number of hydrogen-bond acceptors (Lipinski definition) is 2. The van der Waals surface area contributed by atoms with E-state index < -0.39 is 0 Å². The van der Waals surface area contributed by atoms with Crippen LogP contribution in [0.15, 0.2) is 4.99 Å². The number of unbranched alkanes of at least 4 members (excludes halogenated alkanes) is 2. The van der Waals surface area contributed by atoms with Crippen molar-refractivity contribution in [1.29, 1.82) is 0 Å². The molecule has 0 atom stereocenters. The molecule has 18 heavy (non-hydrogen) atoms. The Morgan fingerprint density at radius 1 is 1.17 bits per heavy atom. The first-order valence-corrected chi connectivity index (χ1v) is 6.63. The van der Waals surface area contributed by atoms with Crippen molar-refractivity contribution in [2.24, 2.45) is 4.99 Å². The number of aliphatic imine (C=N–C) groups is 1. The molecule has 0 saturated carbocycles. The van der Waals surface area contributed by atoms with Crippen LogP contribution < -0.4 is 10.6 Å². The van der Waals surface area contributed by atoms with Crippen LogP contribution in [-0.4, -0.2) is 38.3 Å². The fraction of sp³-hybridized carbons (Fsp3) is 0.923. The Kier molecular flexibility index (Phi) is 13.5. The summed E-state index contributed by atoms with van der Waals surface area (Å²) in [6, 6.07) is 0. The van der Waals surface area contributed by atoms with Gasteiger partial charge in [0.2, 0.25) is 0 Å². The number of hydrogen-bond donors (Lipinski definition) is 2. The monoisotopic (exact) mass is 371 g/mol. The van der Waals surface area contributed by atoms with Crippen LogP contribution in [0, 0.1) is 0 Å². The summed E-state index contributed by atoms with van der Waals surface area (Å²) < 4.78 is 5.35. The highest BCUT2D eigenvalue weighted by molar-refractivity contribution is 14.0. The topological polar surface area (TPSA) is 45.7 Å². The Balaban J connectivity index is 0. The maximum atomic E-state index is 5.35. The van der Waals surface area contributed by atoms with E-state index in [1.54, 1.807) is 7.11 Å². The Hall–Kier alpha value is -0.0400. The van der Waals surface area contributed by atoms with Crippen molar-refractivity contribution < 1.29 is 4.74 Å². The predicted octanol–water partition coefficient (Wildman–Crippen LogP) is 2.77. The van der Waals surface area contributed by atoms with Crippen LogP contribution in [0.25, 0.3) is 0 Å². The number of ether oxygens (including phenoxy) is 1. The fourth-order valence-corrected chi connectivity index (χ4v) is 1.26. The number of nitrogens with one attached hydrogen (secondary N) is 2. The van der Waals surface area contributed by atoms with Crippen molar-refractivity contribution in [3.63, 3.8) is 0 Å². The van der Waals surface area contributed by atoms with Crippen molar-refractivity contribution >= 4 is 29.9 Å². The first kappa shape index (κ1) is 20.3. The van der Waals surface area contributed by atoms with Gasteiger partial charge in [-0.25, -0.2) is 0 Å². The maximum Gasteiger partial charge on any atom is 0.191 e. The zero-order valence-corrected chi connectivity index (χ0v) is 14.8. The molecule has 0 bridgehead atoms. The molecule has 0 heterocycles. The normalized spacial score (nSPS) is 11.9. The zero-order chi connectivity index (χ0) is 13.1. The molecule has 0 aromatic carbocycles. The number of nitrogens with zero attached hydrogens (tertiary/aromatic N) is 1. The lowest BCUT2D eigenvalue weighted by Gasteiger charge is -2.21. The SMILES string of the molecule is CCCCCNC(=NCC(C)(C)OC)NCC.I. The van der Waals surface area contributed by atoms with Gasteiger partial charge in [0.05, 0.1) is 12.1 Å². The smallest absolute Gasteiger partial charge is 0.191 e. The molecule has 0 radical (unpaired) electrons. The minimum Gasteiger partial charge on any atom is -0.377 e. The zero-order valence-electron chi connectivity index (χ0n) is 12.5. The first-order chi connectivity index (χ1) is 8.05. The third kappa shape index (κ3) is 11.1. The third-order valence-corrected chi connectivity index (χ3v) is 2.59. The van der Waals surface area contributed by atoms with Crippen molar-refractivity contribution in [3.05, 3.63) is 0 Å². The minimum atomic E-state index is -0.203. The lowest BCUT2D eigenvalue weighted by Crippen LogP contribution is -2.39. The summed E-state index contributed by atoms with van der Waals surface area (Å²) in [5.74, 6) is 0.883. The second-order valence-corrected chi connectivity index (χ2v) is 4.79. The minimum absolute atomic E-state index is 0. The molecule has 0 saturated heterocycles. The van der Waals surface area contributed by atoms with E-state index in [1.165, 1.54) is 19.3 Å². The average molecular weight is 371 g/mol. The van der Waals surface area contributed by atoms with Gasteiger partial charge in [-0.15, -0.1) is 24.0 Å². The molecule has 0 spiro atoms. The largest absolute Gasteiger partial charge is 0.377 e. The lowest BCUT2D eigenvalue weighted by atomic mass is 10.1. The van der Waals surface area contributed by atoms with E-state index in [4.69, 9.17) is 4.74 Å². The van der Waals surface area contributed by atoms with Crippen LogP contribution in [0.4, 0.5) is 0 Å². The fourth-order valence-electron chi connectivity index (χ4n) is 1.26. The second kappa shape index (κ2) is 12.0. The van der Waals surface area contributed by atoms with Crippen molar-refractivity contribution in [2.75, 3.05) is 26.7 Å². The summed E-state index contributed by atoms with van der Waals surface area (Å²) in [5.41, 5.74) is -0.203. The van der Waals surface area contributed by atoms with Crippen molar-refractivity contribution in [1.82, 2.24) is 10.6 Å². The molecule has 5 heteroatoms. The summed E-state index contributed by atoms with van der Waals surface area (Å²) in [6.45, 7) is 10.9. The molecular formula is C13H30IN3O. The highest BCUT2D eigenvalue weighted by Gasteiger charge is 2.15. The van der Waals surface area contributed by atoms with E-state index in [0.29, 0.717) is 6.54 Å². The van der Waals surface area contributed by atoms with Gasteiger partial charge >= 0.3 is 0 Å². The molecular weight excluding hydrogens is 341 g/mol. The van der Waals surface area contributed by atoms with Gasteiger partial charge in [0.15, 0.2) is 5.96 Å². The molecule has 0 rings (SSSR count). The number of rotatable bonds is 8. The maximum absolute atomic E-state index is 5.35. The van der Waals surface area contributed by atoms with Gasteiger partial charge < -0.3 is 15.4 Å². The summed E-state index contributed by atoms with van der Waals surface area (Å²) in [5, 5.41) is 6.58. The summed E-state index contributed by atoms with van der Waals surface area (Å²) >= 11 is 0. The molecule has 0 aliphatic rings. The van der Waals surface area contributed by atoms with E-state index in [1.807, 2.05) is 13.8 Å². The van der Waals surface area contributed by atoms with Crippen LogP contribution >= 0.6 is 24.0 Å². The van der Waals surface area contributed by atoms with Crippen LogP contribution in [0.2, 0.25) is 0 Å². The van der Waals surface area contributed by atoms with E-state index in [2.05, 4.69) is 29.5 Å². The van der Waals surface area contributed by atoms with E-state index in [-0.39, 0.29) is 29.6 Å². The van der Waals surface area contributed by atoms with E-state index in [0.717, 1.165) is 19.0 Å². The molecule has 110 valence electrons. The van der Waals surface area contributed by atoms with Crippen LogP contribution in [-0.2, 0) is 4.74 Å². The van der Waals surface area contributed by atoms with Gasteiger partial charge in [-0.05, 0) is 27.2 Å². The highest BCUT2D eigenvalue weighted by Crippen LogP contribution is 2.06. The first-order valence-electron chi connectivity index (χ1n) is 6.63. The Morgan fingerprint density at radius 3 is 2.33 bits per heavy atom. The molecule has 4 nitrogen and oxygen atoms in total. The van der Waals surface area contributed by atoms with Gasteiger partial charge in [0.25, 0.3) is 0 Å². The quantitative estimate of drug-likeness (QED) is 0.299. The van der Waals surface area contributed by atoms with E-state index >= 15 is 0 Å². The molecule has 2 N–H and O–H groups in total. The van der Waals surface area contributed by atoms with Crippen molar-refractivity contribution in [2.45, 2.75) is 52.6 Å². The van der Waals surface area contributed by atoms with Gasteiger partial charge in [-0.2, -0.15) is 0 Å². The summed E-state index contributed by atoms with van der Waals surface area (Å²) in [4.78, 5) is 4.52. The van der Waals surface area contributed by atoms with Crippen LogP contribution in [0.5, 0.6) is 0 Å². The second-order valence-electron chi connectivity index (χ2n) is 4.79. The lowest BCUT2D eigenvalue weighted by molar-refractivity contribution is 0.0310. The van der Waals surface area contributed by atoms with Crippen LogP contribution in [0.3, 0.4) is 0 Å². The number of halogens is 1. The van der Waals surface area contributed by atoms with Gasteiger partial charge in [-0.1, -0.05) is 19.8 Å². The van der Waals surface area contributed by atoms with Gasteiger partial charge in [0.1, 0.15) is 0 Å². The molecule has 0 unspecified atom stereocenters. The van der Waals surface area contributed by atoms with Crippen LogP contribution in [0.1, 0.15) is 47.0 Å². The Morgan fingerprint density at radius 2 is 1.83 bits per heavy atom. The predicted molar refractivity (Wildman–Crippen MR) is 90.0 cm³/mol. The molecule has 0 amide bonds. The summed E-state index contributed by atoms with van der Waals surface area (Å²) in [7, 11) is 1.72. The Labute approximate surface area is 129 Å². The molecule has 0 aromatic rings. The third-order valence-electron chi connectivity index (χ3n) is 2.59. The molecule has 0 fully saturated rings. The highest BCUT2D eigenvalue weighted by atomic mass is 127. The standard InChI is InChI=1S/C13H29N3O.HI/c1-6-8-9-10-15-12(14-7-2)16-11-13(3,4)17-5;/h6-11H2,1-5H3,(H2,14,15,16);1H. The molecule has 0 aromatic heterocycles. The number of methoxy groups -OCH3 is 1. The van der Waals surface area contributed by atoms with Gasteiger partial charge in [-0.3, -0.25) is 4.99 Å². The average Bonchev–Trinajstić information content (AvgIpc) is 2.31.